The van der Waals surface area contributed by atoms with Crippen molar-refractivity contribution in [3.8, 4) is 0 Å². The molecule has 0 aliphatic heterocycles. The fourth-order valence-electron chi connectivity index (χ4n) is 2.66. The number of aryl methyl sites for hydroxylation is 1. The van der Waals surface area contributed by atoms with E-state index in [0.717, 1.165) is 32.7 Å². The number of hydrogen-bond donors (Lipinski definition) is 1. The zero-order valence-electron chi connectivity index (χ0n) is 13.4. The first-order valence-electron chi connectivity index (χ1n) is 7.78. The summed E-state index contributed by atoms with van der Waals surface area (Å²) in [4.78, 5) is 2.44. The number of rotatable bonds is 9. The van der Waals surface area contributed by atoms with Crippen LogP contribution in [-0.2, 0) is 4.74 Å². The van der Waals surface area contributed by atoms with Gasteiger partial charge in [-0.15, -0.1) is 0 Å². The molecule has 0 spiro atoms. The van der Waals surface area contributed by atoms with Crippen molar-refractivity contribution in [2.75, 3.05) is 26.3 Å². The number of hydrogen-bond acceptors (Lipinski definition) is 3. The number of nitrogens with zero attached hydrogens (tertiary/aromatic N) is 1. The van der Waals surface area contributed by atoms with Crippen LogP contribution in [0.1, 0.15) is 44.4 Å². The molecule has 2 atom stereocenters. The molecule has 0 aliphatic carbocycles. The molecule has 2 N–H and O–H groups in total. The Morgan fingerprint density at radius 3 is 2.45 bits per heavy atom. The van der Waals surface area contributed by atoms with E-state index in [1.807, 2.05) is 6.92 Å². The van der Waals surface area contributed by atoms with Crippen LogP contribution in [0.25, 0.3) is 0 Å². The van der Waals surface area contributed by atoms with Crippen LogP contribution in [0.15, 0.2) is 24.3 Å². The predicted molar refractivity (Wildman–Crippen MR) is 85.9 cm³/mol. The molecule has 0 fully saturated rings. The van der Waals surface area contributed by atoms with Crippen molar-refractivity contribution in [2.24, 2.45) is 5.73 Å². The zero-order chi connectivity index (χ0) is 15.0. The van der Waals surface area contributed by atoms with E-state index < -0.39 is 0 Å². The molecule has 0 bridgehead atoms. The SMILES string of the molecule is CCOCCN(CC)C(c1ccccc1C)C(N)CC. The number of ether oxygens (including phenoxy) is 1. The van der Waals surface area contributed by atoms with Gasteiger partial charge in [0, 0.05) is 19.2 Å². The average molecular weight is 278 g/mol. The number of nitrogens with two attached hydrogens (primary N) is 1. The Balaban J connectivity index is 2.95. The largest absolute Gasteiger partial charge is 0.380 e. The molecular weight excluding hydrogens is 248 g/mol. The van der Waals surface area contributed by atoms with Crippen molar-refractivity contribution in [1.29, 1.82) is 0 Å². The van der Waals surface area contributed by atoms with Gasteiger partial charge >= 0.3 is 0 Å². The molecule has 1 aromatic rings. The molecule has 0 saturated heterocycles. The minimum atomic E-state index is 0.151. The lowest BCUT2D eigenvalue weighted by atomic mass is 9.93. The summed E-state index contributed by atoms with van der Waals surface area (Å²) in [6.45, 7) is 12.0. The summed E-state index contributed by atoms with van der Waals surface area (Å²) in [6.07, 6.45) is 0.976. The Morgan fingerprint density at radius 2 is 1.90 bits per heavy atom. The summed E-state index contributed by atoms with van der Waals surface area (Å²) in [7, 11) is 0. The highest BCUT2D eigenvalue weighted by Gasteiger charge is 2.25. The van der Waals surface area contributed by atoms with Crippen molar-refractivity contribution in [1.82, 2.24) is 4.90 Å². The van der Waals surface area contributed by atoms with Crippen LogP contribution < -0.4 is 5.73 Å². The summed E-state index contributed by atoms with van der Waals surface area (Å²) in [6, 6.07) is 8.99. The predicted octanol–water partition coefficient (Wildman–Crippen LogP) is 3.13. The molecule has 114 valence electrons. The molecule has 0 amide bonds. The minimum Gasteiger partial charge on any atom is -0.380 e. The topological polar surface area (TPSA) is 38.5 Å². The van der Waals surface area contributed by atoms with Crippen molar-refractivity contribution >= 4 is 0 Å². The maximum Gasteiger partial charge on any atom is 0.0593 e. The van der Waals surface area contributed by atoms with Gasteiger partial charge in [-0.2, -0.15) is 0 Å². The van der Waals surface area contributed by atoms with E-state index in [-0.39, 0.29) is 12.1 Å². The summed E-state index contributed by atoms with van der Waals surface area (Å²) < 4.78 is 5.51. The van der Waals surface area contributed by atoms with E-state index in [2.05, 4.69) is 49.9 Å². The number of benzene rings is 1. The quantitative estimate of drug-likeness (QED) is 0.705. The monoisotopic (exact) mass is 278 g/mol. The minimum absolute atomic E-state index is 0.151. The molecule has 0 aromatic heterocycles. The highest BCUT2D eigenvalue weighted by Crippen LogP contribution is 2.27. The Kier molecular flexibility index (Phi) is 7.82. The third kappa shape index (κ3) is 4.58. The van der Waals surface area contributed by atoms with Crippen LogP contribution in [-0.4, -0.2) is 37.2 Å². The first-order valence-corrected chi connectivity index (χ1v) is 7.78. The smallest absolute Gasteiger partial charge is 0.0593 e. The first-order chi connectivity index (χ1) is 9.65. The molecule has 2 unspecified atom stereocenters. The molecule has 0 aliphatic rings. The maximum absolute atomic E-state index is 6.42. The van der Waals surface area contributed by atoms with E-state index in [1.165, 1.54) is 11.1 Å². The van der Waals surface area contributed by atoms with Crippen LogP contribution >= 0.6 is 0 Å². The van der Waals surface area contributed by atoms with E-state index in [1.54, 1.807) is 0 Å². The fraction of sp³-hybridized carbons (Fsp3) is 0.647. The van der Waals surface area contributed by atoms with Gasteiger partial charge in [0.1, 0.15) is 0 Å². The standard InChI is InChI=1S/C17H30N2O/c1-5-16(18)17(15-11-9-8-10-14(15)4)19(6-2)12-13-20-7-3/h8-11,16-17H,5-7,12-13,18H2,1-4H3. The van der Waals surface area contributed by atoms with Crippen LogP contribution in [0.2, 0.25) is 0 Å². The molecule has 1 aromatic carbocycles. The van der Waals surface area contributed by atoms with Gasteiger partial charge in [-0.25, -0.2) is 0 Å². The molecule has 0 saturated carbocycles. The van der Waals surface area contributed by atoms with Gasteiger partial charge in [0.25, 0.3) is 0 Å². The normalized spacial score (nSPS) is 14.5. The van der Waals surface area contributed by atoms with Gasteiger partial charge in [-0.05, 0) is 37.9 Å². The van der Waals surface area contributed by atoms with Gasteiger partial charge in [0.15, 0.2) is 0 Å². The maximum atomic E-state index is 6.42. The first kappa shape index (κ1) is 17.2. The molecule has 0 heterocycles. The Labute approximate surface area is 124 Å². The van der Waals surface area contributed by atoms with Crippen molar-refractivity contribution in [3.63, 3.8) is 0 Å². The van der Waals surface area contributed by atoms with Gasteiger partial charge in [-0.3, -0.25) is 4.90 Å². The highest BCUT2D eigenvalue weighted by atomic mass is 16.5. The Morgan fingerprint density at radius 1 is 1.20 bits per heavy atom. The third-order valence-electron chi connectivity index (χ3n) is 3.91. The lowest BCUT2D eigenvalue weighted by Gasteiger charge is -2.35. The molecule has 3 heteroatoms. The van der Waals surface area contributed by atoms with E-state index in [0.29, 0.717) is 0 Å². The highest BCUT2D eigenvalue weighted by molar-refractivity contribution is 5.30. The van der Waals surface area contributed by atoms with E-state index in [9.17, 15) is 0 Å². The molecule has 20 heavy (non-hydrogen) atoms. The second-order valence-electron chi connectivity index (χ2n) is 5.20. The molecule has 1 rings (SSSR count). The number of likely N-dealkylation sites (N-methyl/N-ethyl adjacent to an activating group) is 1. The summed E-state index contributed by atoms with van der Waals surface area (Å²) in [5, 5.41) is 0. The van der Waals surface area contributed by atoms with E-state index in [4.69, 9.17) is 10.5 Å². The lowest BCUT2D eigenvalue weighted by Crippen LogP contribution is -2.42. The summed E-state index contributed by atoms with van der Waals surface area (Å²) >= 11 is 0. The van der Waals surface area contributed by atoms with Crippen molar-refractivity contribution < 1.29 is 4.74 Å². The van der Waals surface area contributed by atoms with Gasteiger partial charge in [0.2, 0.25) is 0 Å². The second kappa shape index (κ2) is 9.11. The van der Waals surface area contributed by atoms with Crippen LogP contribution in [0.4, 0.5) is 0 Å². The Bertz CT molecular complexity index is 381. The molecule has 3 nitrogen and oxygen atoms in total. The van der Waals surface area contributed by atoms with Crippen LogP contribution in [0.5, 0.6) is 0 Å². The lowest BCUT2D eigenvalue weighted by molar-refractivity contribution is 0.0886. The summed E-state index contributed by atoms with van der Waals surface area (Å²) in [5.74, 6) is 0. The van der Waals surface area contributed by atoms with Crippen LogP contribution in [0, 0.1) is 6.92 Å². The second-order valence-corrected chi connectivity index (χ2v) is 5.20. The summed E-state index contributed by atoms with van der Waals surface area (Å²) in [5.41, 5.74) is 9.08. The molecular formula is C17H30N2O. The van der Waals surface area contributed by atoms with Gasteiger partial charge in [-0.1, -0.05) is 38.1 Å². The Hall–Kier alpha value is -0.900. The molecule has 0 radical (unpaired) electrons. The van der Waals surface area contributed by atoms with Gasteiger partial charge < -0.3 is 10.5 Å². The fourth-order valence-corrected chi connectivity index (χ4v) is 2.66. The average Bonchev–Trinajstić information content (AvgIpc) is 2.47. The third-order valence-corrected chi connectivity index (χ3v) is 3.91. The van der Waals surface area contributed by atoms with Crippen molar-refractivity contribution in [3.05, 3.63) is 35.4 Å². The van der Waals surface area contributed by atoms with Gasteiger partial charge in [0.05, 0.1) is 12.6 Å². The zero-order valence-corrected chi connectivity index (χ0v) is 13.4. The van der Waals surface area contributed by atoms with Crippen LogP contribution in [0.3, 0.4) is 0 Å². The van der Waals surface area contributed by atoms with E-state index >= 15 is 0 Å². The van der Waals surface area contributed by atoms with Crippen molar-refractivity contribution in [2.45, 2.75) is 46.2 Å².